The zero-order valence-corrected chi connectivity index (χ0v) is 15.4. The minimum atomic E-state index is -1.30. The van der Waals surface area contributed by atoms with Gasteiger partial charge in [-0.3, -0.25) is 4.79 Å². The second-order valence-electron chi connectivity index (χ2n) is 5.51. The number of nitrogens with one attached hydrogen (secondary N) is 1. The van der Waals surface area contributed by atoms with Gasteiger partial charge in [0.2, 0.25) is 0 Å². The summed E-state index contributed by atoms with van der Waals surface area (Å²) in [5, 5.41) is 12.3. The number of halogens is 2. The summed E-state index contributed by atoms with van der Waals surface area (Å²) >= 11 is 7.52. The summed E-state index contributed by atoms with van der Waals surface area (Å²) in [6.45, 7) is 0. The first-order chi connectivity index (χ1) is 12.9. The molecule has 7 heteroatoms. The van der Waals surface area contributed by atoms with E-state index in [1.807, 2.05) is 24.3 Å². The van der Waals surface area contributed by atoms with Crippen LogP contribution in [0.5, 0.6) is 0 Å². The van der Waals surface area contributed by atoms with Gasteiger partial charge in [-0.05, 0) is 42.5 Å². The van der Waals surface area contributed by atoms with Gasteiger partial charge in [-0.1, -0.05) is 35.9 Å². The SMILES string of the molecule is O=C(O)C(=Cc1ccc(-c2ccccc2Cl)s1)NC(=O)c1cccc(F)c1. The van der Waals surface area contributed by atoms with Crippen molar-refractivity contribution in [2.45, 2.75) is 0 Å². The Morgan fingerprint density at radius 1 is 1.07 bits per heavy atom. The second-order valence-corrected chi connectivity index (χ2v) is 7.03. The van der Waals surface area contributed by atoms with Gasteiger partial charge >= 0.3 is 5.97 Å². The molecule has 27 heavy (non-hydrogen) atoms. The molecule has 0 aliphatic carbocycles. The lowest BCUT2D eigenvalue weighted by atomic mass is 10.2. The van der Waals surface area contributed by atoms with Crippen molar-refractivity contribution in [3.8, 4) is 10.4 Å². The fourth-order valence-corrected chi connectivity index (χ4v) is 3.64. The van der Waals surface area contributed by atoms with E-state index in [1.54, 1.807) is 12.1 Å². The number of carbonyl (C=O) groups is 2. The fraction of sp³-hybridized carbons (Fsp3) is 0. The molecular formula is C20H13ClFNO3S. The average molecular weight is 402 g/mol. The highest BCUT2D eigenvalue weighted by Gasteiger charge is 2.15. The van der Waals surface area contributed by atoms with Crippen LogP contribution in [0.1, 0.15) is 15.2 Å². The Kier molecular flexibility index (Phi) is 5.69. The van der Waals surface area contributed by atoms with Gasteiger partial charge in [0.25, 0.3) is 5.91 Å². The Hall–Kier alpha value is -2.96. The number of hydrogen-bond donors (Lipinski definition) is 2. The van der Waals surface area contributed by atoms with Crippen LogP contribution in [0.4, 0.5) is 4.39 Å². The summed E-state index contributed by atoms with van der Waals surface area (Å²) in [5.74, 6) is -2.58. The molecule has 1 heterocycles. The normalized spacial score (nSPS) is 11.3. The number of aliphatic carboxylic acids is 1. The molecule has 136 valence electrons. The summed E-state index contributed by atoms with van der Waals surface area (Å²) < 4.78 is 13.2. The second kappa shape index (κ2) is 8.16. The van der Waals surface area contributed by atoms with E-state index in [4.69, 9.17) is 11.6 Å². The Labute approximate surface area is 163 Å². The Morgan fingerprint density at radius 3 is 2.56 bits per heavy atom. The minimum absolute atomic E-state index is 0.0325. The molecule has 2 N–H and O–H groups in total. The number of carboxylic acids is 1. The van der Waals surface area contributed by atoms with Crippen LogP contribution in [-0.2, 0) is 4.79 Å². The lowest BCUT2D eigenvalue weighted by Crippen LogP contribution is -2.27. The zero-order valence-electron chi connectivity index (χ0n) is 13.8. The van der Waals surface area contributed by atoms with Crippen LogP contribution in [0.15, 0.2) is 66.4 Å². The summed E-state index contributed by atoms with van der Waals surface area (Å²) in [6.07, 6.45) is 1.35. The molecule has 3 aromatic rings. The number of rotatable bonds is 5. The van der Waals surface area contributed by atoms with Gasteiger partial charge in [0.05, 0.1) is 0 Å². The van der Waals surface area contributed by atoms with Crippen LogP contribution >= 0.6 is 22.9 Å². The van der Waals surface area contributed by atoms with Crippen LogP contribution < -0.4 is 5.32 Å². The highest BCUT2D eigenvalue weighted by molar-refractivity contribution is 7.16. The maximum atomic E-state index is 13.2. The maximum Gasteiger partial charge on any atom is 0.352 e. The highest BCUT2D eigenvalue weighted by atomic mass is 35.5. The van der Waals surface area contributed by atoms with Gasteiger partial charge in [0.15, 0.2) is 0 Å². The first-order valence-corrected chi connectivity index (χ1v) is 9.00. The van der Waals surface area contributed by atoms with Crippen LogP contribution in [-0.4, -0.2) is 17.0 Å². The monoisotopic (exact) mass is 401 g/mol. The lowest BCUT2D eigenvalue weighted by molar-refractivity contribution is -0.132. The van der Waals surface area contributed by atoms with E-state index < -0.39 is 17.7 Å². The van der Waals surface area contributed by atoms with Crippen LogP contribution in [0, 0.1) is 5.82 Å². The van der Waals surface area contributed by atoms with Crippen molar-refractivity contribution in [2.75, 3.05) is 0 Å². The third kappa shape index (κ3) is 4.61. The Morgan fingerprint density at radius 2 is 1.85 bits per heavy atom. The van der Waals surface area contributed by atoms with Crippen molar-refractivity contribution < 1.29 is 19.1 Å². The third-order valence-electron chi connectivity index (χ3n) is 3.62. The highest BCUT2D eigenvalue weighted by Crippen LogP contribution is 2.33. The van der Waals surface area contributed by atoms with E-state index >= 15 is 0 Å². The quantitative estimate of drug-likeness (QED) is 0.587. The minimum Gasteiger partial charge on any atom is -0.477 e. The smallest absolute Gasteiger partial charge is 0.352 e. The number of thiophene rings is 1. The van der Waals surface area contributed by atoms with Crippen LogP contribution in [0.2, 0.25) is 5.02 Å². The largest absolute Gasteiger partial charge is 0.477 e. The molecule has 0 unspecified atom stereocenters. The Bertz CT molecular complexity index is 1040. The van der Waals surface area contributed by atoms with Gasteiger partial charge < -0.3 is 10.4 Å². The van der Waals surface area contributed by atoms with Gasteiger partial charge in [-0.2, -0.15) is 0 Å². The average Bonchev–Trinajstić information content (AvgIpc) is 3.09. The van der Waals surface area contributed by atoms with E-state index in [-0.39, 0.29) is 11.3 Å². The first kappa shape index (κ1) is 18.8. The molecule has 1 amide bonds. The van der Waals surface area contributed by atoms with Crippen molar-refractivity contribution in [3.05, 3.63) is 87.6 Å². The molecule has 0 atom stereocenters. The van der Waals surface area contributed by atoms with Crippen molar-refractivity contribution in [2.24, 2.45) is 0 Å². The van der Waals surface area contributed by atoms with Crippen LogP contribution in [0.3, 0.4) is 0 Å². The van der Waals surface area contributed by atoms with Crippen molar-refractivity contribution in [1.29, 1.82) is 0 Å². The summed E-state index contributed by atoms with van der Waals surface area (Å²) in [4.78, 5) is 25.2. The molecule has 4 nitrogen and oxygen atoms in total. The summed E-state index contributed by atoms with van der Waals surface area (Å²) in [7, 11) is 0. The molecule has 0 aliphatic rings. The summed E-state index contributed by atoms with van der Waals surface area (Å²) in [6, 6.07) is 15.9. The number of hydrogen-bond acceptors (Lipinski definition) is 3. The lowest BCUT2D eigenvalue weighted by Gasteiger charge is -2.06. The number of carbonyl (C=O) groups excluding carboxylic acids is 1. The molecular weight excluding hydrogens is 389 g/mol. The molecule has 1 aromatic heterocycles. The van der Waals surface area contributed by atoms with E-state index in [2.05, 4.69) is 5.32 Å². The maximum absolute atomic E-state index is 13.2. The first-order valence-electron chi connectivity index (χ1n) is 7.80. The number of carboxylic acid groups (broad SMARTS) is 1. The van der Waals surface area contributed by atoms with Crippen molar-refractivity contribution in [1.82, 2.24) is 5.32 Å². The molecule has 0 saturated carbocycles. The molecule has 2 aromatic carbocycles. The van der Waals surface area contributed by atoms with Gasteiger partial charge in [0.1, 0.15) is 11.5 Å². The predicted molar refractivity (Wildman–Crippen MR) is 104 cm³/mol. The van der Waals surface area contributed by atoms with E-state index in [9.17, 15) is 19.1 Å². The molecule has 0 spiro atoms. The van der Waals surface area contributed by atoms with Crippen LogP contribution in [0.25, 0.3) is 16.5 Å². The standard InChI is InChI=1S/C20H13ClFNO3S/c21-16-7-2-1-6-15(16)18-9-8-14(27-18)11-17(20(25)26)23-19(24)12-4-3-5-13(22)10-12/h1-11H,(H,23,24)(H,25,26). The van der Waals surface area contributed by atoms with Gasteiger partial charge in [-0.25, -0.2) is 9.18 Å². The number of amides is 1. The topological polar surface area (TPSA) is 66.4 Å². The van der Waals surface area contributed by atoms with Gasteiger partial charge in [-0.15, -0.1) is 11.3 Å². The molecule has 3 rings (SSSR count). The molecule has 0 saturated heterocycles. The van der Waals surface area contributed by atoms with Crippen molar-refractivity contribution >= 4 is 40.9 Å². The molecule has 0 fully saturated rings. The fourth-order valence-electron chi connectivity index (χ4n) is 2.35. The zero-order chi connectivity index (χ0) is 19.4. The van der Waals surface area contributed by atoms with Gasteiger partial charge in [0, 0.05) is 25.9 Å². The molecule has 0 bridgehead atoms. The third-order valence-corrected chi connectivity index (χ3v) is 5.01. The van der Waals surface area contributed by atoms with E-state index in [1.165, 1.54) is 35.6 Å². The predicted octanol–water partition coefficient (Wildman–Crippen LogP) is 5.06. The van der Waals surface area contributed by atoms with E-state index in [0.29, 0.717) is 9.90 Å². The summed E-state index contributed by atoms with van der Waals surface area (Å²) in [5.41, 5.74) is 0.561. The van der Waals surface area contributed by atoms with E-state index in [0.717, 1.165) is 16.5 Å². The molecule has 0 radical (unpaired) electrons. The molecule has 0 aliphatic heterocycles. The number of benzene rings is 2. The Balaban J connectivity index is 1.85. The van der Waals surface area contributed by atoms with Crippen molar-refractivity contribution in [3.63, 3.8) is 0 Å².